The zero-order valence-electron chi connectivity index (χ0n) is 65.0. The third kappa shape index (κ3) is 27.2. The minimum Gasteiger partial charge on any atom is -0.480 e. The number of aliphatic hydroxyl groups is 10. The van der Waals surface area contributed by atoms with E-state index in [1.54, 1.807) is 79.7 Å². The van der Waals surface area contributed by atoms with Crippen LogP contribution in [0.4, 0.5) is 0 Å². The van der Waals surface area contributed by atoms with Crippen LogP contribution in [0, 0.1) is 0 Å². The van der Waals surface area contributed by atoms with Crippen LogP contribution in [0.5, 0.6) is 0 Å². The zero-order chi connectivity index (χ0) is 88.5. The van der Waals surface area contributed by atoms with E-state index in [-0.39, 0.29) is 12.0 Å². The Balaban J connectivity index is 1.45. The highest BCUT2D eigenvalue weighted by Gasteiger charge is 2.49. The van der Waals surface area contributed by atoms with Gasteiger partial charge in [-0.3, -0.25) is 67.1 Å². The summed E-state index contributed by atoms with van der Waals surface area (Å²) in [6.45, 7) is -1.79. The summed E-state index contributed by atoms with van der Waals surface area (Å²) in [4.78, 5) is 215. The third-order valence-corrected chi connectivity index (χ3v) is 20.2. The number of carbonyl (C=O) groups excluding carboxylic acids is 14. The minimum atomic E-state index is -2.77. The van der Waals surface area contributed by atoms with E-state index in [0.29, 0.717) is 21.2 Å². The molecule has 3 aliphatic rings. The summed E-state index contributed by atoms with van der Waals surface area (Å²) < 4.78 is 8.29. The lowest BCUT2D eigenvalue weighted by molar-refractivity contribution is -0.697. The van der Waals surface area contributed by atoms with Gasteiger partial charge in [-0.15, -0.1) is 0 Å². The topological polar surface area (TPSA) is 693 Å². The Hall–Kier alpha value is -11.6. The Morgan fingerprint density at radius 1 is 0.600 bits per heavy atom. The number of primary amides is 2. The first-order chi connectivity index (χ1) is 56.8. The summed E-state index contributed by atoms with van der Waals surface area (Å²) in [6, 6.07) is -0.658. The van der Waals surface area contributed by atoms with Crippen molar-refractivity contribution in [3.63, 3.8) is 0 Å². The molecule has 3 aliphatic heterocycles. The molecule has 3 aromatic carbocycles. The summed E-state index contributed by atoms with van der Waals surface area (Å²) in [6.07, 6.45) is -18.6. The van der Waals surface area contributed by atoms with Crippen molar-refractivity contribution in [3.8, 4) is 0 Å². The van der Waals surface area contributed by atoms with E-state index in [1.807, 2.05) is 5.32 Å². The molecule has 652 valence electrons. The molecule has 4 aromatic rings. The lowest BCUT2D eigenvalue weighted by Crippen LogP contribution is -2.64. The Morgan fingerprint density at radius 3 is 1.79 bits per heavy atom. The number of imidazole rings is 1. The summed E-state index contributed by atoms with van der Waals surface area (Å²) in [5, 5.41) is 150. The molecule has 4 bridgehead atoms. The fraction of sp³-hybridized carbons (Fsp3) is 0.474. The van der Waals surface area contributed by atoms with Crippen molar-refractivity contribution < 1.29 is 137 Å². The number of aliphatic hydroxyl groups excluding tert-OH is 10. The number of aromatic nitrogens is 2. The number of nitrogens with zero attached hydrogens (tertiary/aromatic N) is 2. The number of hydrogen-bond donors (Lipinski definition) is 25. The molecule has 43 nitrogen and oxygen atoms in total. The standard InChI is InChI=1S/C76H99BrN16O27/c1-35(17-18-38-11-6-4-7-12-38)23-51(98)44-27-56(102)82-49(31-94)69(112)86-46-25-42-29-92(34-93(42)75-63(106)62(105)60(103)53(33-96)120-75)30-48(68(111)90-58(37(3)97)73(116)88-50(32-95)70(113)85-45(65(108)84-44)24-39-13-8-5-9-14-39)81-55(101)16-10-15-43(76(118)119)83-71(114)52(99)28-80-72(115)57(36(2)40-19-21-41(77)22-20-40)89-74(117)59(61(104)64(79)107)91-67(110)47(26-54(78)100)87-66(46)109/h4-9,11-14,17-23,29,34,36-37,43-53,57-63,75,94-99,103-106H,10,15-16,24-28,30-33H2,1-3H3,(H16-,78,79,80,81,82,83,84,85,86,87,88,89,90,91,100,101,102,107,108,109,110,111,112,113,114,115,116,117,118,119)/p+1/b18-17+,35-23+/t36-,37-,43?,44-,45-,46+,47-,48-,49?,50?,51-,52+,53+,57?,58-,59?,60-,61?,62-,63+,75+/m0/s1. The van der Waals surface area contributed by atoms with Gasteiger partial charge >= 0.3 is 5.97 Å². The van der Waals surface area contributed by atoms with Crippen molar-refractivity contribution in [3.05, 3.63) is 142 Å². The number of nitrogens with two attached hydrogens (primary N) is 2. The van der Waals surface area contributed by atoms with Crippen molar-refractivity contribution >= 4 is 111 Å². The molecule has 14 amide bonds. The maximum absolute atomic E-state index is 15.5. The van der Waals surface area contributed by atoms with Crippen LogP contribution in [-0.2, 0) is 96.0 Å². The van der Waals surface area contributed by atoms with Gasteiger partial charge in [0.2, 0.25) is 89.3 Å². The fourth-order valence-corrected chi connectivity index (χ4v) is 13.2. The highest BCUT2D eigenvalue weighted by Crippen LogP contribution is 2.30. The van der Waals surface area contributed by atoms with E-state index in [0.717, 1.165) is 28.6 Å². The van der Waals surface area contributed by atoms with E-state index < -0.39 is 293 Å². The second kappa shape index (κ2) is 45.0. The van der Waals surface area contributed by atoms with Crippen LogP contribution in [0.1, 0.15) is 87.4 Å². The molecule has 0 aliphatic carbocycles. The molecule has 0 saturated carbocycles. The zero-order valence-corrected chi connectivity index (χ0v) is 66.5. The molecule has 27 N–H and O–H groups in total. The number of halogens is 1. The number of allylic oxidation sites excluding steroid dienone is 2. The third-order valence-electron chi connectivity index (χ3n) is 19.7. The minimum absolute atomic E-state index is 0.282. The van der Waals surface area contributed by atoms with Gasteiger partial charge in [0.1, 0.15) is 109 Å². The number of nitrogens with one attached hydrogen (secondary N) is 12. The number of carboxylic acid groups (broad SMARTS) is 1. The maximum Gasteiger partial charge on any atom is 0.326 e. The van der Waals surface area contributed by atoms with Crippen LogP contribution in [0.2, 0.25) is 0 Å². The van der Waals surface area contributed by atoms with Gasteiger partial charge in [0, 0.05) is 36.1 Å². The molecular formula is C76H100BrN16O27+. The Kier molecular flexibility index (Phi) is 35.9. The van der Waals surface area contributed by atoms with Gasteiger partial charge in [-0.05, 0) is 55.5 Å². The van der Waals surface area contributed by atoms with E-state index in [2.05, 4.69) is 74.4 Å². The molecule has 120 heavy (non-hydrogen) atoms. The van der Waals surface area contributed by atoms with E-state index in [9.17, 15) is 114 Å². The second-order valence-corrected chi connectivity index (χ2v) is 29.8. The molecule has 6 unspecified atom stereocenters. The van der Waals surface area contributed by atoms with Crippen molar-refractivity contribution in [1.82, 2.24) is 68.4 Å². The average Bonchev–Trinajstić information content (AvgIpc) is 1.63. The number of benzene rings is 3. The van der Waals surface area contributed by atoms with Gasteiger partial charge in [-0.2, -0.15) is 0 Å². The van der Waals surface area contributed by atoms with Crippen LogP contribution in [0.25, 0.3) is 6.08 Å². The number of hydrogen-bond acceptors (Lipinski definition) is 26. The smallest absolute Gasteiger partial charge is 0.326 e. The number of carboxylic acids is 1. The average molecular weight is 1750 g/mol. The first-order valence-corrected chi connectivity index (χ1v) is 38.6. The van der Waals surface area contributed by atoms with E-state index in [1.165, 1.54) is 37.3 Å². The van der Waals surface area contributed by atoms with E-state index >= 15 is 14.4 Å². The predicted octanol–water partition coefficient (Wildman–Crippen LogP) is -10.3. The lowest BCUT2D eigenvalue weighted by Gasteiger charge is -2.38. The molecular weight excluding hydrogens is 1650 g/mol. The van der Waals surface area contributed by atoms with Gasteiger partial charge in [-0.1, -0.05) is 119 Å². The first-order valence-electron chi connectivity index (χ1n) is 37.8. The lowest BCUT2D eigenvalue weighted by atomic mass is 9.92. The molecule has 4 heterocycles. The molecule has 21 atom stereocenters. The molecule has 7 rings (SSSR count). The van der Waals surface area contributed by atoms with Gasteiger partial charge in [-0.25, -0.2) is 13.9 Å². The monoisotopic (exact) mass is 1750 g/mol. The van der Waals surface area contributed by atoms with Crippen LogP contribution < -0.4 is 79.8 Å². The summed E-state index contributed by atoms with van der Waals surface area (Å²) in [5.41, 5.74) is 12.4. The highest BCUT2D eigenvalue weighted by molar-refractivity contribution is 9.10. The molecule has 0 radical (unpaired) electrons. The summed E-state index contributed by atoms with van der Waals surface area (Å²) in [7, 11) is 0. The number of amides is 14. The van der Waals surface area contributed by atoms with Crippen molar-refractivity contribution in [2.45, 2.75) is 200 Å². The first kappa shape index (κ1) is 95.6. The van der Waals surface area contributed by atoms with Gasteiger partial charge < -0.3 is 136 Å². The SMILES string of the molecule is CC(/C=C/c1ccccc1)=C\[C@H](O)[C@@H]1CC(=O)NC(CO)C(=O)N[C@@H]2Cc3c[n+](cn3[C@@H]3O[C@H](CO)[C@H](O)[C@H](O)[C@H]3O)C[C@H](NC(=O)CCCC(C(=O)O)NC(=O)[C@H](O)CNC(=O)C([C@@H](C)c3ccc(Br)cc3)NC(=O)C(C(O)C(N)=O)NC(=O)[C@H](CC(N)=O)NC2=O)C(=O)N[C@@H]([C@H](C)O)C(=O)NC(CO)C(=O)N[C@@H](Cc2ccccc2)C(=O)N1. The van der Waals surface area contributed by atoms with Crippen LogP contribution >= 0.6 is 15.9 Å². The van der Waals surface area contributed by atoms with Gasteiger partial charge in [0.25, 0.3) is 5.91 Å². The molecule has 1 saturated heterocycles. The van der Waals surface area contributed by atoms with Gasteiger partial charge in [0.15, 0.2) is 6.10 Å². The highest BCUT2D eigenvalue weighted by atomic mass is 79.9. The quantitative estimate of drug-likeness (QED) is 0.0325. The predicted molar refractivity (Wildman–Crippen MR) is 417 cm³/mol. The number of carbonyl (C=O) groups is 15. The number of β-amino-alcohol motifs (C(OH)–C–C–N with tert-alkyl or cyclic N) is 1. The summed E-state index contributed by atoms with van der Waals surface area (Å²) >= 11 is 3.29. The number of rotatable bonds is 18. The second-order valence-electron chi connectivity index (χ2n) is 28.9. The van der Waals surface area contributed by atoms with Crippen molar-refractivity contribution in [1.29, 1.82) is 0 Å². The molecule has 44 heteroatoms. The van der Waals surface area contributed by atoms with Crippen LogP contribution in [-0.4, -0.2) is 291 Å². The largest absolute Gasteiger partial charge is 0.480 e. The number of ether oxygens (including phenoxy) is 1. The Labute approximate surface area is 693 Å². The Morgan fingerprint density at radius 2 is 1.18 bits per heavy atom. The molecule has 0 spiro atoms. The van der Waals surface area contributed by atoms with Crippen LogP contribution in [0.3, 0.4) is 0 Å². The van der Waals surface area contributed by atoms with Crippen LogP contribution in [0.15, 0.2) is 120 Å². The number of aliphatic carboxylic acids is 1. The molecule has 1 aromatic heterocycles. The maximum atomic E-state index is 15.5. The van der Waals surface area contributed by atoms with E-state index in [4.69, 9.17) is 16.2 Å². The fourth-order valence-electron chi connectivity index (χ4n) is 13.0. The number of fused-ring (bicyclic) bond motifs is 2. The van der Waals surface area contributed by atoms with Crippen molar-refractivity contribution in [2.24, 2.45) is 11.5 Å². The van der Waals surface area contributed by atoms with Crippen molar-refractivity contribution in [2.75, 3.05) is 26.4 Å². The van der Waals surface area contributed by atoms with Gasteiger partial charge in [0.05, 0.1) is 51.0 Å². The normalized spacial score (nSPS) is 28.3. The summed E-state index contributed by atoms with van der Waals surface area (Å²) in [5.74, 6) is -22.8. The molecule has 1 fully saturated rings. The Bertz CT molecular complexity index is 4390.